The van der Waals surface area contributed by atoms with Crippen LogP contribution in [0.2, 0.25) is 0 Å². The maximum absolute atomic E-state index is 12.8. The van der Waals surface area contributed by atoms with Crippen molar-refractivity contribution in [2.75, 3.05) is 32.8 Å². The number of hydrogen-bond donors (Lipinski definition) is 2. The molecule has 5 atom stereocenters. The maximum atomic E-state index is 12.8. The molecular weight excluding hydrogens is 302 g/mol. The summed E-state index contributed by atoms with van der Waals surface area (Å²) in [6, 6.07) is 0.501. The van der Waals surface area contributed by atoms with E-state index in [2.05, 4.69) is 24.1 Å². The van der Waals surface area contributed by atoms with Gasteiger partial charge in [-0.05, 0) is 37.0 Å². The molecule has 3 aliphatic rings. The Labute approximate surface area is 146 Å². The van der Waals surface area contributed by atoms with Gasteiger partial charge in [-0.3, -0.25) is 9.69 Å². The fourth-order valence-corrected chi connectivity index (χ4v) is 5.38. The monoisotopic (exact) mass is 337 g/mol. The molecule has 2 saturated carbocycles. The van der Waals surface area contributed by atoms with Gasteiger partial charge in [0.2, 0.25) is 5.91 Å². The van der Waals surface area contributed by atoms with Crippen LogP contribution in [0.15, 0.2) is 0 Å². The number of carbonyl (C=O) groups is 1. The Kier molecular flexibility index (Phi) is 6.17. The number of ether oxygens (including phenoxy) is 1. The van der Waals surface area contributed by atoms with Crippen molar-refractivity contribution in [2.45, 2.75) is 58.0 Å². The topological polar surface area (TPSA) is 67.6 Å². The van der Waals surface area contributed by atoms with Crippen LogP contribution < -0.4 is 11.1 Å². The minimum atomic E-state index is 0.0517. The Bertz CT molecular complexity index is 419. The highest BCUT2D eigenvalue weighted by Gasteiger charge is 2.49. The number of amides is 1. The highest BCUT2D eigenvalue weighted by atomic mass is 16.5. The average Bonchev–Trinajstić information content (AvgIpc) is 3.20. The van der Waals surface area contributed by atoms with Crippen molar-refractivity contribution < 1.29 is 9.53 Å². The molecule has 3 rings (SSSR count). The van der Waals surface area contributed by atoms with Crippen molar-refractivity contribution in [1.29, 1.82) is 0 Å². The lowest BCUT2D eigenvalue weighted by Crippen LogP contribution is -2.54. The van der Waals surface area contributed by atoms with E-state index in [1.54, 1.807) is 0 Å². The number of nitrogens with zero attached hydrogens (tertiary/aromatic N) is 1. The predicted molar refractivity (Wildman–Crippen MR) is 95.6 cm³/mol. The van der Waals surface area contributed by atoms with Crippen LogP contribution in [0.1, 0.15) is 46.0 Å². The van der Waals surface area contributed by atoms with E-state index < -0.39 is 0 Å². The van der Waals surface area contributed by atoms with Crippen LogP contribution in [0, 0.1) is 23.7 Å². The van der Waals surface area contributed by atoms with Crippen molar-refractivity contribution in [1.82, 2.24) is 10.2 Å². The van der Waals surface area contributed by atoms with Crippen LogP contribution in [0.3, 0.4) is 0 Å². The van der Waals surface area contributed by atoms with Gasteiger partial charge in [-0.15, -0.1) is 0 Å². The number of morpholine rings is 1. The molecule has 2 aliphatic carbocycles. The fraction of sp³-hybridized carbons (Fsp3) is 0.947. The second kappa shape index (κ2) is 8.15. The first-order chi connectivity index (χ1) is 11.7. The molecule has 1 heterocycles. The zero-order chi connectivity index (χ0) is 17.1. The van der Waals surface area contributed by atoms with E-state index in [4.69, 9.17) is 10.5 Å². The van der Waals surface area contributed by atoms with E-state index in [0.717, 1.165) is 45.7 Å². The summed E-state index contributed by atoms with van der Waals surface area (Å²) in [4.78, 5) is 15.3. The predicted octanol–water partition coefficient (Wildman–Crippen LogP) is 1.61. The molecule has 1 aliphatic heterocycles. The van der Waals surface area contributed by atoms with Crippen LogP contribution in [-0.4, -0.2) is 55.7 Å². The minimum Gasteiger partial charge on any atom is -0.379 e. The van der Waals surface area contributed by atoms with Crippen molar-refractivity contribution in [3.8, 4) is 0 Å². The van der Waals surface area contributed by atoms with Crippen molar-refractivity contribution >= 4 is 5.91 Å². The Morgan fingerprint density at radius 1 is 1.21 bits per heavy atom. The summed E-state index contributed by atoms with van der Waals surface area (Å²) >= 11 is 0. The molecule has 138 valence electrons. The lowest BCUT2D eigenvalue weighted by molar-refractivity contribution is -0.127. The second-order valence-corrected chi connectivity index (χ2v) is 7.97. The second-order valence-electron chi connectivity index (χ2n) is 7.97. The summed E-state index contributed by atoms with van der Waals surface area (Å²) in [5.41, 5.74) is 6.34. The lowest BCUT2D eigenvalue weighted by atomic mass is 9.84. The molecule has 0 spiro atoms. The smallest absolute Gasteiger partial charge is 0.225 e. The van der Waals surface area contributed by atoms with Gasteiger partial charge in [0.1, 0.15) is 0 Å². The summed E-state index contributed by atoms with van der Waals surface area (Å²) < 4.78 is 5.51. The molecular formula is C19H35N3O2. The number of rotatable bonds is 7. The first kappa shape index (κ1) is 18.2. The molecule has 0 radical (unpaired) electrons. The summed E-state index contributed by atoms with van der Waals surface area (Å²) in [5, 5.41) is 3.28. The van der Waals surface area contributed by atoms with Gasteiger partial charge in [0.25, 0.3) is 0 Å². The third-order valence-corrected chi connectivity index (χ3v) is 6.88. The molecule has 1 saturated heterocycles. The van der Waals surface area contributed by atoms with Crippen molar-refractivity contribution in [3.63, 3.8) is 0 Å². The molecule has 24 heavy (non-hydrogen) atoms. The van der Waals surface area contributed by atoms with Gasteiger partial charge >= 0.3 is 0 Å². The minimum absolute atomic E-state index is 0.0517. The maximum Gasteiger partial charge on any atom is 0.225 e. The normalized spacial score (nSPS) is 34.7. The Morgan fingerprint density at radius 2 is 1.88 bits per heavy atom. The van der Waals surface area contributed by atoms with Crippen molar-refractivity contribution in [3.05, 3.63) is 0 Å². The molecule has 5 heteroatoms. The first-order valence-corrected chi connectivity index (χ1v) is 10.0. The van der Waals surface area contributed by atoms with E-state index in [-0.39, 0.29) is 17.9 Å². The van der Waals surface area contributed by atoms with Gasteiger partial charge in [-0.2, -0.15) is 0 Å². The Hall–Kier alpha value is -0.650. The van der Waals surface area contributed by atoms with E-state index in [1.165, 1.54) is 19.3 Å². The quantitative estimate of drug-likeness (QED) is 0.741. The number of nitrogens with two attached hydrogens (primary N) is 1. The van der Waals surface area contributed by atoms with E-state index >= 15 is 0 Å². The van der Waals surface area contributed by atoms with Crippen LogP contribution in [-0.2, 0) is 9.53 Å². The van der Waals surface area contributed by atoms with Gasteiger partial charge in [-0.1, -0.05) is 26.7 Å². The summed E-state index contributed by atoms with van der Waals surface area (Å²) in [7, 11) is 0. The number of nitrogens with one attached hydrogen (secondary N) is 1. The standard InChI is InChI=1S/C19H35N3O2/c1-3-13(4-2)16(22-7-9-24-10-8-22)12-21-19(23)17-14-5-6-15(11-14)18(17)20/h13-18H,3-12,20H2,1-2H3,(H,21,23). The Balaban J connectivity index is 1.59. The van der Waals surface area contributed by atoms with E-state index in [9.17, 15) is 4.79 Å². The average molecular weight is 338 g/mol. The van der Waals surface area contributed by atoms with Gasteiger partial charge in [0.05, 0.1) is 19.1 Å². The summed E-state index contributed by atoms with van der Waals surface area (Å²) in [6.07, 6.45) is 5.89. The van der Waals surface area contributed by atoms with Crippen LogP contribution in [0.4, 0.5) is 0 Å². The summed E-state index contributed by atoms with van der Waals surface area (Å²) in [6.45, 7) is 8.84. The summed E-state index contributed by atoms with van der Waals surface area (Å²) in [5.74, 6) is 1.99. The van der Waals surface area contributed by atoms with Crippen LogP contribution >= 0.6 is 0 Å². The largest absolute Gasteiger partial charge is 0.379 e. The van der Waals surface area contributed by atoms with Gasteiger partial charge in [0.15, 0.2) is 0 Å². The fourth-order valence-electron chi connectivity index (χ4n) is 5.38. The molecule has 5 nitrogen and oxygen atoms in total. The number of fused-ring (bicyclic) bond motifs is 2. The molecule has 2 bridgehead atoms. The molecule has 5 unspecified atom stereocenters. The van der Waals surface area contributed by atoms with Gasteiger partial charge in [0, 0.05) is 31.7 Å². The SMILES string of the molecule is CCC(CC)C(CNC(=O)C1C2CCC(C2)C1N)N1CCOCC1. The van der Waals surface area contributed by atoms with Crippen LogP contribution in [0.25, 0.3) is 0 Å². The van der Waals surface area contributed by atoms with Gasteiger partial charge in [-0.25, -0.2) is 0 Å². The van der Waals surface area contributed by atoms with Crippen LogP contribution in [0.5, 0.6) is 0 Å². The molecule has 1 amide bonds. The van der Waals surface area contributed by atoms with E-state index in [1.807, 2.05) is 0 Å². The zero-order valence-corrected chi connectivity index (χ0v) is 15.4. The Morgan fingerprint density at radius 3 is 2.46 bits per heavy atom. The molecule has 0 aromatic rings. The third-order valence-electron chi connectivity index (χ3n) is 6.88. The first-order valence-electron chi connectivity index (χ1n) is 10.0. The number of hydrogen-bond acceptors (Lipinski definition) is 4. The van der Waals surface area contributed by atoms with Gasteiger partial charge < -0.3 is 15.8 Å². The lowest BCUT2D eigenvalue weighted by Gasteiger charge is -2.39. The van der Waals surface area contributed by atoms with Crippen molar-refractivity contribution in [2.24, 2.45) is 29.4 Å². The molecule has 0 aromatic heterocycles. The number of carbonyl (C=O) groups excluding carboxylic acids is 1. The van der Waals surface area contributed by atoms with E-state index in [0.29, 0.717) is 23.8 Å². The molecule has 3 fully saturated rings. The molecule has 3 N–H and O–H groups in total. The highest BCUT2D eigenvalue weighted by Crippen LogP contribution is 2.47. The zero-order valence-electron chi connectivity index (χ0n) is 15.4. The highest BCUT2D eigenvalue weighted by molar-refractivity contribution is 5.80. The third kappa shape index (κ3) is 3.63. The molecule has 0 aromatic carbocycles.